The third kappa shape index (κ3) is 5.48. The summed E-state index contributed by atoms with van der Waals surface area (Å²) in [5, 5.41) is 0. The van der Waals surface area contributed by atoms with Gasteiger partial charge in [0.1, 0.15) is 10.1 Å². The summed E-state index contributed by atoms with van der Waals surface area (Å²) in [6.45, 7) is 5.66. The molecule has 3 N–H and O–H groups in total. The van der Waals surface area contributed by atoms with Gasteiger partial charge in [0.2, 0.25) is 5.91 Å². The quantitative estimate of drug-likeness (QED) is 0.635. The molecule has 1 amide bonds. The van der Waals surface area contributed by atoms with E-state index in [2.05, 4.69) is 4.98 Å². The van der Waals surface area contributed by atoms with E-state index < -0.39 is 11.2 Å². The van der Waals surface area contributed by atoms with Gasteiger partial charge >= 0.3 is 5.69 Å². The van der Waals surface area contributed by atoms with E-state index in [1.54, 1.807) is 0 Å². The van der Waals surface area contributed by atoms with E-state index >= 15 is 0 Å². The summed E-state index contributed by atoms with van der Waals surface area (Å²) in [7, 11) is 1.46. The summed E-state index contributed by atoms with van der Waals surface area (Å²) >= 11 is 6.57. The topological polar surface area (TPSA) is 104 Å². The summed E-state index contributed by atoms with van der Waals surface area (Å²) in [5.41, 5.74) is 5.58. The molecule has 0 fully saturated rings. The average Bonchev–Trinajstić information content (AvgIpc) is 2.70. The van der Waals surface area contributed by atoms with Crippen molar-refractivity contribution in [2.24, 2.45) is 0 Å². The number of nitrogens with one attached hydrogen (secondary N) is 1. The van der Waals surface area contributed by atoms with Crippen molar-refractivity contribution in [3.8, 4) is 0 Å². The molecular weight excluding hydrogens is 410 g/mol. The fraction of sp³-hybridized carbons (Fsp3) is 0.368. The number of thioether (sulfide) groups is 1. The monoisotopic (exact) mass is 435 g/mol. The lowest BCUT2D eigenvalue weighted by Gasteiger charge is -2.23. The minimum Gasteiger partial charge on any atom is -0.383 e. The van der Waals surface area contributed by atoms with E-state index in [4.69, 9.17) is 18.0 Å². The molecule has 0 saturated carbocycles. The highest BCUT2D eigenvalue weighted by atomic mass is 32.2. The molecule has 0 saturated heterocycles. The summed E-state index contributed by atoms with van der Waals surface area (Å²) in [6, 6.07) is 9.23. The molecule has 0 atom stereocenters. The Labute approximate surface area is 178 Å². The third-order valence-electron chi connectivity index (χ3n) is 4.45. The van der Waals surface area contributed by atoms with Crippen LogP contribution in [0.3, 0.4) is 0 Å². The van der Waals surface area contributed by atoms with Crippen LogP contribution >= 0.6 is 24.0 Å². The van der Waals surface area contributed by atoms with Crippen molar-refractivity contribution in [3.05, 3.63) is 56.7 Å². The van der Waals surface area contributed by atoms with Crippen molar-refractivity contribution in [2.45, 2.75) is 20.4 Å². The Kier molecular flexibility index (Phi) is 8.03. The van der Waals surface area contributed by atoms with Crippen LogP contribution in [-0.4, -0.2) is 50.6 Å². The Morgan fingerprint density at radius 2 is 1.83 bits per heavy atom. The molecule has 0 unspecified atom stereocenters. The van der Waals surface area contributed by atoms with Crippen LogP contribution in [0.15, 0.2) is 39.9 Å². The number of hydrogen-bond acceptors (Lipinski definition) is 6. The lowest BCUT2D eigenvalue weighted by Crippen LogP contribution is -2.40. The molecule has 0 aliphatic rings. The molecule has 0 aliphatic heterocycles. The molecular formula is C19H25N5O3S2. The van der Waals surface area contributed by atoms with E-state index in [9.17, 15) is 14.4 Å². The number of H-pyrrole nitrogens is 1. The Morgan fingerprint density at radius 3 is 2.41 bits per heavy atom. The second kappa shape index (κ2) is 10.3. The van der Waals surface area contributed by atoms with Crippen molar-refractivity contribution in [3.63, 3.8) is 0 Å². The maximum atomic E-state index is 12.6. The zero-order valence-corrected chi connectivity index (χ0v) is 18.3. The lowest BCUT2D eigenvalue weighted by atomic mass is 10.2. The van der Waals surface area contributed by atoms with Gasteiger partial charge in [-0.05, 0) is 19.4 Å². The number of rotatable bonds is 7. The van der Waals surface area contributed by atoms with Crippen LogP contribution in [0.25, 0.3) is 0 Å². The van der Waals surface area contributed by atoms with Crippen molar-refractivity contribution in [1.82, 2.24) is 14.5 Å². The number of carbonyl (C=O) groups excluding carboxylic acids is 1. The zero-order chi connectivity index (χ0) is 21.6. The number of nitrogens with two attached hydrogens (primary N) is 1. The van der Waals surface area contributed by atoms with Crippen molar-refractivity contribution in [2.75, 3.05) is 36.5 Å². The van der Waals surface area contributed by atoms with Gasteiger partial charge < -0.3 is 15.5 Å². The van der Waals surface area contributed by atoms with Gasteiger partial charge in [0.05, 0.1) is 12.3 Å². The highest BCUT2D eigenvalue weighted by Gasteiger charge is 2.22. The highest BCUT2D eigenvalue weighted by Crippen LogP contribution is 2.18. The number of amides is 1. The summed E-state index contributed by atoms with van der Waals surface area (Å²) in [5.74, 6) is -0.343. The number of aromatic amines is 1. The Morgan fingerprint density at radius 1 is 1.21 bits per heavy atom. The molecule has 2 rings (SSSR count). The number of carbonyl (C=O) groups is 1. The first-order chi connectivity index (χ1) is 13.8. The molecule has 1 aromatic heterocycles. The van der Waals surface area contributed by atoms with E-state index in [-0.39, 0.29) is 29.7 Å². The highest BCUT2D eigenvalue weighted by molar-refractivity contribution is 8.23. The van der Waals surface area contributed by atoms with Crippen molar-refractivity contribution >= 4 is 45.7 Å². The maximum Gasteiger partial charge on any atom is 0.330 e. The number of hydrogen-bond donors (Lipinski definition) is 2. The fourth-order valence-electron chi connectivity index (χ4n) is 2.74. The minimum atomic E-state index is -0.705. The van der Waals surface area contributed by atoms with Crippen molar-refractivity contribution < 1.29 is 4.79 Å². The van der Waals surface area contributed by atoms with Gasteiger partial charge in [-0.3, -0.25) is 19.1 Å². The summed E-state index contributed by atoms with van der Waals surface area (Å²) < 4.78 is 1.86. The van der Waals surface area contributed by atoms with Crippen LogP contribution in [0.1, 0.15) is 19.4 Å². The number of thiocarbonyl (C=S) groups is 1. The Balaban J connectivity index is 2.25. The molecule has 0 bridgehead atoms. The molecule has 1 aromatic carbocycles. The standard InChI is InChI=1S/C19H25N5O3S2/c1-4-23(5-2)19(28)29-12-14(25)22(3)15-16(20)24(18(27)21-17(15)26)11-13-9-7-6-8-10-13/h6-10H,4-5,11-12,20H2,1-3H3,(H,21,26,27). The predicted octanol–water partition coefficient (Wildman–Crippen LogP) is 1.49. The maximum absolute atomic E-state index is 12.6. The average molecular weight is 436 g/mol. The van der Waals surface area contributed by atoms with E-state index in [0.717, 1.165) is 18.7 Å². The summed E-state index contributed by atoms with van der Waals surface area (Å²) in [4.78, 5) is 42.7. The van der Waals surface area contributed by atoms with Gasteiger partial charge in [-0.1, -0.05) is 54.3 Å². The van der Waals surface area contributed by atoms with Crippen LogP contribution in [0.5, 0.6) is 0 Å². The molecule has 2 aromatic rings. The zero-order valence-electron chi connectivity index (χ0n) is 16.7. The number of nitrogens with zero attached hydrogens (tertiary/aromatic N) is 3. The van der Waals surface area contributed by atoms with Crippen LogP contribution in [0.2, 0.25) is 0 Å². The van der Waals surface area contributed by atoms with Crippen molar-refractivity contribution in [1.29, 1.82) is 0 Å². The van der Waals surface area contributed by atoms with Gasteiger partial charge in [0.25, 0.3) is 5.56 Å². The molecule has 0 aliphatic carbocycles. The first kappa shape index (κ1) is 22.7. The number of anilines is 2. The van der Waals surface area contributed by atoms with Gasteiger partial charge in [-0.15, -0.1) is 0 Å². The van der Waals surface area contributed by atoms with Crippen LogP contribution in [-0.2, 0) is 11.3 Å². The van der Waals surface area contributed by atoms with E-state index in [0.29, 0.717) is 4.32 Å². The molecule has 1 heterocycles. The second-order valence-corrected chi connectivity index (χ2v) is 7.85. The van der Waals surface area contributed by atoms with Gasteiger partial charge in [0.15, 0.2) is 5.69 Å². The third-order valence-corrected chi connectivity index (χ3v) is 5.96. The number of benzene rings is 1. The van der Waals surface area contributed by atoms with Crippen LogP contribution in [0, 0.1) is 0 Å². The van der Waals surface area contributed by atoms with Gasteiger partial charge in [-0.2, -0.15) is 0 Å². The van der Waals surface area contributed by atoms with Gasteiger partial charge in [-0.25, -0.2) is 4.79 Å². The van der Waals surface area contributed by atoms with Crippen LogP contribution < -0.4 is 21.9 Å². The SMILES string of the molecule is CCN(CC)C(=S)SCC(=O)N(C)c1c(N)n(Cc2ccccc2)c(=O)[nH]c1=O. The molecule has 10 heteroatoms. The second-order valence-electron chi connectivity index (χ2n) is 6.24. The minimum absolute atomic E-state index is 0.0557. The number of nitrogen functional groups attached to an aromatic ring is 1. The molecule has 156 valence electrons. The molecule has 29 heavy (non-hydrogen) atoms. The fourth-order valence-corrected chi connectivity index (χ4v) is 4.06. The first-order valence-corrected chi connectivity index (χ1v) is 10.5. The largest absolute Gasteiger partial charge is 0.383 e. The number of aromatic nitrogens is 2. The molecule has 0 spiro atoms. The molecule has 0 radical (unpaired) electrons. The Hall–Kier alpha value is -2.59. The van der Waals surface area contributed by atoms with E-state index in [1.807, 2.05) is 49.1 Å². The predicted molar refractivity (Wildman–Crippen MR) is 123 cm³/mol. The molecule has 8 nitrogen and oxygen atoms in total. The Bertz CT molecular complexity index is 984. The first-order valence-electron chi connectivity index (χ1n) is 9.14. The summed E-state index contributed by atoms with van der Waals surface area (Å²) in [6.07, 6.45) is 0. The van der Waals surface area contributed by atoms with Crippen LogP contribution in [0.4, 0.5) is 11.5 Å². The van der Waals surface area contributed by atoms with Gasteiger partial charge in [0, 0.05) is 20.1 Å². The lowest BCUT2D eigenvalue weighted by molar-refractivity contribution is -0.115. The normalized spacial score (nSPS) is 10.6. The smallest absolute Gasteiger partial charge is 0.330 e. The van der Waals surface area contributed by atoms with E-state index in [1.165, 1.54) is 28.3 Å².